The number of carbonyl (C=O) groups excluding carboxylic acids is 1. The Morgan fingerprint density at radius 2 is 1.11 bits per heavy atom. The second kappa shape index (κ2) is 35.6. The predicted octanol–water partition coefficient (Wildman–Crippen LogP) is 8.67. The SMILES string of the molecule is CCCCC/C=C\C=C/CCCCCCCCC(=O)NC(COC1OC(CO)C(O)C(O)C1O)C(O)/C=C/CC/C=C/CCCCCCCCCCCC. The number of carbonyl (C=O) groups is 1. The number of hydrogen-bond donors (Lipinski definition) is 6. The van der Waals surface area contributed by atoms with Gasteiger partial charge in [0.05, 0.1) is 25.4 Å². The molecule has 1 amide bonds. The molecule has 0 spiro atoms. The van der Waals surface area contributed by atoms with Crippen LogP contribution in [0, 0.1) is 0 Å². The van der Waals surface area contributed by atoms with Crippen molar-refractivity contribution in [2.45, 2.75) is 217 Å². The molecule has 0 radical (unpaired) electrons. The minimum Gasteiger partial charge on any atom is -0.394 e. The van der Waals surface area contributed by atoms with Gasteiger partial charge >= 0.3 is 0 Å². The van der Waals surface area contributed by atoms with E-state index in [9.17, 15) is 30.3 Å². The summed E-state index contributed by atoms with van der Waals surface area (Å²) in [4.78, 5) is 12.9. The Balaban J connectivity index is 2.43. The van der Waals surface area contributed by atoms with E-state index in [2.05, 4.69) is 55.6 Å². The third-order valence-electron chi connectivity index (χ3n) is 10.2. The Morgan fingerprint density at radius 3 is 1.70 bits per heavy atom. The van der Waals surface area contributed by atoms with E-state index in [4.69, 9.17) is 9.47 Å². The summed E-state index contributed by atoms with van der Waals surface area (Å²) < 4.78 is 11.2. The first-order chi connectivity index (χ1) is 26.3. The standard InChI is InChI=1S/C45H81NO8/c1-3-5-7-9-11-13-15-17-19-21-22-24-26-28-30-32-34-39(48)38(37-53-45-44(52)43(51)42(50)40(36-47)54-45)46-41(49)35-33-31-29-27-25-23-20-18-16-14-12-10-8-6-4-2/h12,14,16,18,24,26,32,34,38-40,42-45,47-48,50-52H,3-11,13,15,17,19-23,25,27-31,33,35-37H2,1-2H3,(H,46,49)/b14-12-,18-16-,26-24+,34-32+. The second-order valence-corrected chi connectivity index (χ2v) is 15.2. The van der Waals surface area contributed by atoms with E-state index in [0.29, 0.717) is 6.42 Å². The lowest BCUT2D eigenvalue weighted by Crippen LogP contribution is -2.60. The van der Waals surface area contributed by atoms with Crippen LogP contribution in [0.1, 0.15) is 174 Å². The van der Waals surface area contributed by atoms with Crippen LogP contribution >= 0.6 is 0 Å². The molecule has 0 aromatic rings. The highest BCUT2D eigenvalue weighted by atomic mass is 16.7. The maximum atomic E-state index is 12.9. The highest BCUT2D eigenvalue weighted by Crippen LogP contribution is 2.22. The molecular weight excluding hydrogens is 682 g/mol. The van der Waals surface area contributed by atoms with Crippen molar-refractivity contribution in [1.29, 1.82) is 0 Å². The lowest BCUT2D eigenvalue weighted by atomic mass is 9.99. The minimum atomic E-state index is -1.57. The van der Waals surface area contributed by atoms with Crippen molar-refractivity contribution in [2.24, 2.45) is 0 Å². The molecule has 0 aromatic carbocycles. The van der Waals surface area contributed by atoms with E-state index in [1.165, 1.54) is 89.9 Å². The van der Waals surface area contributed by atoms with Crippen molar-refractivity contribution in [3.63, 3.8) is 0 Å². The van der Waals surface area contributed by atoms with Gasteiger partial charge in [-0.1, -0.05) is 159 Å². The van der Waals surface area contributed by atoms with E-state index in [1.54, 1.807) is 6.08 Å². The van der Waals surface area contributed by atoms with Gasteiger partial charge in [-0.15, -0.1) is 0 Å². The van der Waals surface area contributed by atoms with Gasteiger partial charge in [0.15, 0.2) is 6.29 Å². The fourth-order valence-corrected chi connectivity index (χ4v) is 6.57. The summed E-state index contributed by atoms with van der Waals surface area (Å²) >= 11 is 0. The van der Waals surface area contributed by atoms with Gasteiger partial charge in [-0.25, -0.2) is 0 Å². The lowest BCUT2D eigenvalue weighted by Gasteiger charge is -2.40. The zero-order valence-corrected chi connectivity index (χ0v) is 34.2. The summed E-state index contributed by atoms with van der Waals surface area (Å²) in [5, 5.41) is 54.1. The number of amides is 1. The Bertz CT molecular complexity index is 983. The highest BCUT2D eigenvalue weighted by Gasteiger charge is 2.44. The summed E-state index contributed by atoms with van der Waals surface area (Å²) in [6.45, 7) is 3.70. The normalized spacial score (nSPS) is 21.9. The summed E-state index contributed by atoms with van der Waals surface area (Å²) in [6, 6.07) is -0.827. The van der Waals surface area contributed by atoms with Crippen LogP contribution in [0.2, 0.25) is 0 Å². The van der Waals surface area contributed by atoms with Crippen LogP contribution in [0.15, 0.2) is 48.6 Å². The van der Waals surface area contributed by atoms with Crippen LogP contribution in [0.5, 0.6) is 0 Å². The Kier molecular flexibility index (Phi) is 33.0. The molecule has 6 N–H and O–H groups in total. The Hall–Kier alpha value is -1.85. The largest absolute Gasteiger partial charge is 0.394 e. The third-order valence-corrected chi connectivity index (χ3v) is 10.2. The zero-order chi connectivity index (χ0) is 39.5. The smallest absolute Gasteiger partial charge is 0.220 e. The number of allylic oxidation sites excluding steroid dienone is 7. The fourth-order valence-electron chi connectivity index (χ4n) is 6.57. The van der Waals surface area contributed by atoms with Crippen molar-refractivity contribution < 1.29 is 39.8 Å². The van der Waals surface area contributed by atoms with Crippen LogP contribution in [0.4, 0.5) is 0 Å². The molecule has 1 rings (SSSR count). The molecule has 1 aliphatic heterocycles. The Labute approximate surface area is 329 Å². The molecule has 1 fully saturated rings. The topological polar surface area (TPSA) is 149 Å². The third kappa shape index (κ3) is 26.1. The van der Waals surface area contributed by atoms with Gasteiger partial charge in [-0.2, -0.15) is 0 Å². The molecule has 7 unspecified atom stereocenters. The van der Waals surface area contributed by atoms with Gasteiger partial charge in [0.2, 0.25) is 5.91 Å². The van der Waals surface area contributed by atoms with Crippen molar-refractivity contribution in [3.8, 4) is 0 Å². The van der Waals surface area contributed by atoms with Crippen LogP contribution in [0.3, 0.4) is 0 Å². The van der Waals surface area contributed by atoms with E-state index >= 15 is 0 Å². The molecule has 0 saturated carbocycles. The van der Waals surface area contributed by atoms with Crippen molar-refractivity contribution in [2.75, 3.05) is 13.2 Å². The molecule has 1 saturated heterocycles. The van der Waals surface area contributed by atoms with Gasteiger partial charge in [0, 0.05) is 6.42 Å². The first-order valence-corrected chi connectivity index (χ1v) is 21.9. The predicted molar refractivity (Wildman–Crippen MR) is 221 cm³/mol. The van der Waals surface area contributed by atoms with Gasteiger partial charge in [-0.3, -0.25) is 4.79 Å². The molecule has 0 aliphatic carbocycles. The first kappa shape index (κ1) is 50.2. The lowest BCUT2D eigenvalue weighted by molar-refractivity contribution is -0.302. The van der Waals surface area contributed by atoms with E-state index < -0.39 is 49.5 Å². The number of aliphatic hydroxyl groups excluding tert-OH is 5. The number of nitrogens with one attached hydrogen (secondary N) is 1. The first-order valence-electron chi connectivity index (χ1n) is 21.9. The van der Waals surface area contributed by atoms with Crippen molar-refractivity contribution in [1.82, 2.24) is 5.32 Å². The maximum absolute atomic E-state index is 12.9. The number of aliphatic hydroxyl groups is 5. The van der Waals surface area contributed by atoms with Crippen molar-refractivity contribution >= 4 is 5.91 Å². The Morgan fingerprint density at radius 1 is 0.630 bits per heavy atom. The van der Waals surface area contributed by atoms with Gasteiger partial charge in [0.25, 0.3) is 0 Å². The van der Waals surface area contributed by atoms with E-state index in [-0.39, 0.29) is 12.5 Å². The van der Waals surface area contributed by atoms with Gasteiger partial charge in [-0.05, 0) is 57.8 Å². The molecule has 54 heavy (non-hydrogen) atoms. The fraction of sp³-hybridized carbons (Fsp3) is 0.800. The van der Waals surface area contributed by atoms with Gasteiger partial charge < -0.3 is 40.3 Å². The number of unbranched alkanes of at least 4 members (excludes halogenated alkanes) is 20. The second-order valence-electron chi connectivity index (χ2n) is 15.2. The van der Waals surface area contributed by atoms with Crippen LogP contribution in [0.25, 0.3) is 0 Å². The summed E-state index contributed by atoms with van der Waals surface area (Å²) in [6.07, 6.45) is 37.2. The summed E-state index contributed by atoms with van der Waals surface area (Å²) in [7, 11) is 0. The average Bonchev–Trinajstić information content (AvgIpc) is 3.17. The van der Waals surface area contributed by atoms with E-state index in [0.717, 1.165) is 64.2 Å². The molecule has 1 aliphatic rings. The molecule has 0 aromatic heterocycles. The molecule has 1 heterocycles. The van der Waals surface area contributed by atoms with Crippen LogP contribution in [-0.4, -0.2) is 87.5 Å². The monoisotopic (exact) mass is 764 g/mol. The molecule has 7 atom stereocenters. The summed E-state index contributed by atoms with van der Waals surface area (Å²) in [5.41, 5.74) is 0. The zero-order valence-electron chi connectivity index (χ0n) is 34.2. The molecule has 0 bridgehead atoms. The van der Waals surface area contributed by atoms with Gasteiger partial charge in [0.1, 0.15) is 24.4 Å². The maximum Gasteiger partial charge on any atom is 0.220 e. The van der Waals surface area contributed by atoms with Crippen LogP contribution in [-0.2, 0) is 14.3 Å². The number of ether oxygens (including phenoxy) is 2. The number of hydrogen-bond acceptors (Lipinski definition) is 8. The highest BCUT2D eigenvalue weighted by molar-refractivity contribution is 5.76. The minimum absolute atomic E-state index is 0.201. The van der Waals surface area contributed by atoms with Crippen LogP contribution < -0.4 is 5.32 Å². The number of rotatable bonds is 35. The van der Waals surface area contributed by atoms with E-state index in [1.807, 2.05) is 6.08 Å². The molecule has 9 nitrogen and oxygen atoms in total. The quantitative estimate of drug-likeness (QED) is 0.0214. The van der Waals surface area contributed by atoms with Crippen molar-refractivity contribution in [3.05, 3.63) is 48.6 Å². The molecule has 9 heteroatoms. The average molecular weight is 764 g/mol. The molecular formula is C45H81NO8. The summed E-state index contributed by atoms with van der Waals surface area (Å²) in [5.74, 6) is -0.201. The molecule has 314 valence electrons.